The number of hydrogen-bond donors (Lipinski definition) is 2. The van der Waals surface area contributed by atoms with Crippen LogP contribution in [0.5, 0.6) is 0 Å². The van der Waals surface area contributed by atoms with Crippen molar-refractivity contribution in [3.05, 3.63) is 28.8 Å². The van der Waals surface area contributed by atoms with Crippen molar-refractivity contribution < 1.29 is 4.79 Å². The van der Waals surface area contributed by atoms with Crippen molar-refractivity contribution >= 4 is 11.7 Å². The number of amides is 2. The summed E-state index contributed by atoms with van der Waals surface area (Å²) in [6, 6.07) is 4.16. The van der Waals surface area contributed by atoms with E-state index in [1.54, 1.807) is 0 Å². The number of aryl methyl sites for hydroxylation is 3. The van der Waals surface area contributed by atoms with Gasteiger partial charge in [0.15, 0.2) is 0 Å². The van der Waals surface area contributed by atoms with Gasteiger partial charge in [-0.15, -0.1) is 0 Å². The summed E-state index contributed by atoms with van der Waals surface area (Å²) in [5, 5.41) is 6.10. The second kappa shape index (κ2) is 5.70. The molecule has 3 heteroatoms. The summed E-state index contributed by atoms with van der Waals surface area (Å²) in [6.07, 6.45) is 5.49. The molecule has 2 fully saturated rings. The fourth-order valence-corrected chi connectivity index (χ4v) is 4.39. The number of carbonyl (C=O) groups is 1. The van der Waals surface area contributed by atoms with Crippen molar-refractivity contribution in [3.63, 3.8) is 0 Å². The highest BCUT2D eigenvalue weighted by atomic mass is 16.2. The van der Waals surface area contributed by atoms with Crippen LogP contribution >= 0.6 is 0 Å². The molecule has 3 nitrogen and oxygen atoms in total. The highest BCUT2D eigenvalue weighted by Crippen LogP contribution is 2.47. The zero-order valence-electron chi connectivity index (χ0n) is 13.3. The van der Waals surface area contributed by atoms with E-state index in [0.29, 0.717) is 5.92 Å². The quantitative estimate of drug-likeness (QED) is 0.860. The summed E-state index contributed by atoms with van der Waals surface area (Å²) in [7, 11) is 0. The molecular formula is C18H26N2O. The molecule has 114 valence electrons. The van der Waals surface area contributed by atoms with Gasteiger partial charge in [0.1, 0.15) is 0 Å². The van der Waals surface area contributed by atoms with Crippen molar-refractivity contribution in [1.82, 2.24) is 5.32 Å². The fraction of sp³-hybridized carbons (Fsp3) is 0.611. The summed E-state index contributed by atoms with van der Waals surface area (Å²) in [6.45, 7) is 7.01. The molecule has 0 spiro atoms. The van der Waals surface area contributed by atoms with Gasteiger partial charge in [0.05, 0.1) is 0 Å². The Bertz CT molecular complexity index is 529. The molecule has 0 heterocycles. The Labute approximate surface area is 127 Å². The fourth-order valence-electron chi connectivity index (χ4n) is 4.39. The van der Waals surface area contributed by atoms with E-state index in [4.69, 9.17) is 0 Å². The molecule has 2 aliphatic rings. The van der Waals surface area contributed by atoms with Crippen LogP contribution in [0.4, 0.5) is 10.5 Å². The first-order valence-electron chi connectivity index (χ1n) is 8.15. The van der Waals surface area contributed by atoms with Crippen LogP contribution in [-0.2, 0) is 0 Å². The number of carbonyl (C=O) groups excluding carboxylic acids is 1. The van der Waals surface area contributed by atoms with E-state index in [9.17, 15) is 4.79 Å². The van der Waals surface area contributed by atoms with E-state index < -0.39 is 0 Å². The molecule has 0 aromatic heterocycles. The maximum Gasteiger partial charge on any atom is 0.319 e. The van der Waals surface area contributed by atoms with Crippen molar-refractivity contribution in [2.24, 2.45) is 17.8 Å². The first-order valence-corrected chi connectivity index (χ1v) is 8.15. The highest BCUT2D eigenvalue weighted by molar-refractivity contribution is 5.91. The molecule has 0 unspecified atom stereocenters. The molecule has 2 amide bonds. The van der Waals surface area contributed by atoms with Crippen LogP contribution in [0.25, 0.3) is 0 Å². The number of fused-ring (bicyclic) bond motifs is 2. The molecule has 3 rings (SSSR count). The molecule has 0 radical (unpaired) electrons. The van der Waals surface area contributed by atoms with Crippen molar-refractivity contribution in [1.29, 1.82) is 0 Å². The van der Waals surface area contributed by atoms with Crippen LogP contribution in [0.3, 0.4) is 0 Å². The number of urea groups is 1. The molecule has 3 atom stereocenters. The van der Waals surface area contributed by atoms with Gasteiger partial charge in [-0.2, -0.15) is 0 Å². The second-order valence-electron chi connectivity index (χ2n) is 7.04. The molecule has 1 aromatic rings. The standard InChI is InChI=1S/C18H26N2O/c1-11-6-12(2)17(13(3)7-11)20-18(21)19-10-16-9-14-4-5-15(16)8-14/h6-7,14-16H,4-5,8-10H2,1-3H3,(H2,19,20,21)/t14-,15-,16+/m1/s1. The Balaban J connectivity index is 1.55. The summed E-state index contributed by atoms with van der Waals surface area (Å²) >= 11 is 0. The van der Waals surface area contributed by atoms with E-state index >= 15 is 0 Å². The number of hydrogen-bond acceptors (Lipinski definition) is 1. The average molecular weight is 286 g/mol. The number of rotatable bonds is 3. The SMILES string of the molecule is Cc1cc(C)c(NC(=O)NC[C@@H]2C[C@@H]3CC[C@@H]2C3)c(C)c1. The van der Waals surface area contributed by atoms with Crippen molar-refractivity contribution in [2.45, 2.75) is 46.5 Å². The normalized spacial score (nSPS) is 26.9. The highest BCUT2D eigenvalue weighted by Gasteiger charge is 2.39. The summed E-state index contributed by atoms with van der Waals surface area (Å²) in [4.78, 5) is 12.1. The van der Waals surface area contributed by atoms with Gasteiger partial charge in [0.2, 0.25) is 0 Å². The van der Waals surface area contributed by atoms with Gasteiger partial charge in [-0.1, -0.05) is 24.1 Å². The van der Waals surface area contributed by atoms with Crippen molar-refractivity contribution in [2.75, 3.05) is 11.9 Å². The lowest BCUT2D eigenvalue weighted by Gasteiger charge is -2.22. The topological polar surface area (TPSA) is 41.1 Å². The second-order valence-corrected chi connectivity index (χ2v) is 7.04. The molecule has 2 bridgehead atoms. The zero-order valence-corrected chi connectivity index (χ0v) is 13.3. The largest absolute Gasteiger partial charge is 0.338 e. The summed E-state index contributed by atoms with van der Waals surface area (Å²) < 4.78 is 0. The van der Waals surface area contributed by atoms with E-state index in [2.05, 4.69) is 29.7 Å². The maximum atomic E-state index is 12.1. The lowest BCUT2D eigenvalue weighted by atomic mass is 9.89. The van der Waals surface area contributed by atoms with Gasteiger partial charge in [-0.25, -0.2) is 4.79 Å². The minimum atomic E-state index is -0.0622. The molecule has 1 aromatic carbocycles. The van der Waals surface area contributed by atoms with Crippen LogP contribution in [0.1, 0.15) is 42.4 Å². The minimum Gasteiger partial charge on any atom is -0.338 e. The zero-order chi connectivity index (χ0) is 15.0. The van der Waals surface area contributed by atoms with Gasteiger partial charge in [-0.05, 0) is 68.9 Å². The first kappa shape index (κ1) is 14.4. The average Bonchev–Trinajstić information content (AvgIpc) is 3.03. The van der Waals surface area contributed by atoms with Crippen LogP contribution in [0.15, 0.2) is 12.1 Å². The summed E-state index contributed by atoms with van der Waals surface area (Å²) in [5.74, 6) is 2.50. The molecule has 21 heavy (non-hydrogen) atoms. The molecule has 0 saturated heterocycles. The molecule has 2 aliphatic carbocycles. The Morgan fingerprint density at radius 3 is 2.43 bits per heavy atom. The number of nitrogens with one attached hydrogen (secondary N) is 2. The Morgan fingerprint density at radius 1 is 1.14 bits per heavy atom. The lowest BCUT2D eigenvalue weighted by Crippen LogP contribution is -2.35. The Hall–Kier alpha value is -1.51. The Morgan fingerprint density at radius 2 is 1.86 bits per heavy atom. The first-order chi connectivity index (χ1) is 10.0. The van der Waals surface area contributed by atoms with Gasteiger partial charge in [0, 0.05) is 12.2 Å². The molecular weight excluding hydrogens is 260 g/mol. The van der Waals surface area contributed by atoms with E-state index in [0.717, 1.165) is 35.2 Å². The third-order valence-electron chi connectivity index (χ3n) is 5.32. The monoisotopic (exact) mass is 286 g/mol. The molecule has 2 N–H and O–H groups in total. The van der Waals surface area contributed by atoms with Gasteiger partial charge < -0.3 is 10.6 Å². The predicted molar refractivity (Wildman–Crippen MR) is 86.6 cm³/mol. The van der Waals surface area contributed by atoms with E-state index in [1.807, 2.05) is 13.8 Å². The number of benzene rings is 1. The van der Waals surface area contributed by atoms with Crippen molar-refractivity contribution in [3.8, 4) is 0 Å². The minimum absolute atomic E-state index is 0.0622. The van der Waals surface area contributed by atoms with E-state index in [-0.39, 0.29) is 6.03 Å². The molecule has 2 saturated carbocycles. The molecule has 0 aliphatic heterocycles. The number of anilines is 1. The maximum absolute atomic E-state index is 12.1. The van der Waals surface area contributed by atoms with Crippen LogP contribution < -0.4 is 10.6 Å². The van der Waals surface area contributed by atoms with Crippen LogP contribution in [-0.4, -0.2) is 12.6 Å². The smallest absolute Gasteiger partial charge is 0.319 e. The Kier molecular flexibility index (Phi) is 3.92. The van der Waals surface area contributed by atoms with Gasteiger partial charge in [-0.3, -0.25) is 0 Å². The van der Waals surface area contributed by atoms with E-state index in [1.165, 1.54) is 31.2 Å². The third-order valence-corrected chi connectivity index (χ3v) is 5.32. The predicted octanol–water partition coefficient (Wildman–Crippen LogP) is 4.17. The van der Waals surface area contributed by atoms with Crippen LogP contribution in [0.2, 0.25) is 0 Å². The summed E-state index contributed by atoms with van der Waals surface area (Å²) in [5.41, 5.74) is 4.44. The van der Waals surface area contributed by atoms with Crippen LogP contribution in [0, 0.1) is 38.5 Å². The van der Waals surface area contributed by atoms with Gasteiger partial charge >= 0.3 is 6.03 Å². The lowest BCUT2D eigenvalue weighted by molar-refractivity contribution is 0.245. The third kappa shape index (κ3) is 3.07. The van der Waals surface area contributed by atoms with Gasteiger partial charge in [0.25, 0.3) is 0 Å².